The van der Waals surface area contributed by atoms with Crippen molar-refractivity contribution in [3.63, 3.8) is 0 Å². The van der Waals surface area contributed by atoms with Gasteiger partial charge in [0.1, 0.15) is 24.7 Å². The van der Waals surface area contributed by atoms with E-state index in [1.807, 2.05) is 6.07 Å². The van der Waals surface area contributed by atoms with Gasteiger partial charge in [-0.25, -0.2) is 0 Å². The standard InChI is InChI=1S/C44H52N2O2/c1-5-12-34(2)15-16-35-19-26-42-41(31-35)44(3,4)43(38-20-24-40(25-21-38)48-33-37-13-8-6-9-14-37)46(42)32-36-17-22-39(23-18-36)47-30-29-45-27-10-7-11-28-45/h5-6,8-9,12-14,17-26,31,43H,2,7,10-11,15-16,27-30,32-33H2,1,3-4H3/b12-5-. The van der Waals surface area contributed by atoms with E-state index < -0.39 is 0 Å². The van der Waals surface area contributed by atoms with E-state index in [1.54, 1.807) is 0 Å². The first-order valence-corrected chi connectivity index (χ1v) is 17.8. The average molecular weight is 641 g/mol. The van der Waals surface area contributed by atoms with Crippen molar-refractivity contribution < 1.29 is 9.47 Å². The topological polar surface area (TPSA) is 24.9 Å². The molecular weight excluding hydrogens is 588 g/mol. The molecule has 0 saturated carbocycles. The molecule has 250 valence electrons. The molecule has 0 aliphatic carbocycles. The monoisotopic (exact) mass is 640 g/mol. The zero-order valence-electron chi connectivity index (χ0n) is 29.2. The maximum absolute atomic E-state index is 6.16. The molecule has 2 aliphatic heterocycles. The van der Waals surface area contributed by atoms with Crippen molar-refractivity contribution in [3.8, 4) is 11.5 Å². The Morgan fingerprint density at radius 1 is 0.812 bits per heavy atom. The van der Waals surface area contributed by atoms with Gasteiger partial charge in [0, 0.05) is 24.2 Å². The van der Waals surface area contributed by atoms with Gasteiger partial charge < -0.3 is 14.4 Å². The molecule has 1 fully saturated rings. The van der Waals surface area contributed by atoms with Crippen molar-refractivity contribution in [2.24, 2.45) is 0 Å². The van der Waals surface area contributed by atoms with Crippen LogP contribution in [0.5, 0.6) is 11.5 Å². The molecule has 2 aliphatic rings. The number of rotatable bonds is 14. The predicted molar refractivity (Wildman–Crippen MR) is 200 cm³/mol. The maximum Gasteiger partial charge on any atom is 0.119 e. The summed E-state index contributed by atoms with van der Waals surface area (Å²) in [7, 11) is 0. The smallest absolute Gasteiger partial charge is 0.119 e. The highest BCUT2D eigenvalue weighted by molar-refractivity contribution is 5.66. The zero-order chi connectivity index (χ0) is 33.3. The largest absolute Gasteiger partial charge is 0.492 e. The molecule has 4 nitrogen and oxygen atoms in total. The molecule has 4 heteroatoms. The van der Waals surface area contributed by atoms with Gasteiger partial charge in [0.15, 0.2) is 0 Å². The summed E-state index contributed by atoms with van der Waals surface area (Å²) in [6.07, 6.45) is 10.1. The van der Waals surface area contributed by atoms with Crippen molar-refractivity contribution in [2.75, 3.05) is 31.1 Å². The fourth-order valence-electron chi connectivity index (χ4n) is 7.43. The van der Waals surface area contributed by atoms with Crippen molar-refractivity contribution in [3.05, 3.63) is 149 Å². The third-order valence-electron chi connectivity index (χ3n) is 10.0. The second kappa shape index (κ2) is 15.7. The average Bonchev–Trinajstić information content (AvgIpc) is 3.33. The Morgan fingerprint density at radius 3 is 2.23 bits per heavy atom. The first kappa shape index (κ1) is 33.6. The molecule has 6 rings (SSSR count). The number of likely N-dealkylation sites (tertiary alicyclic amines) is 1. The van der Waals surface area contributed by atoms with Gasteiger partial charge >= 0.3 is 0 Å². The quantitative estimate of drug-likeness (QED) is 0.128. The molecule has 1 atom stereocenters. The number of hydrogen-bond donors (Lipinski definition) is 0. The van der Waals surface area contributed by atoms with Crippen LogP contribution in [0.2, 0.25) is 0 Å². The number of ether oxygens (including phenoxy) is 2. The highest BCUT2D eigenvalue weighted by Crippen LogP contribution is 2.53. The van der Waals surface area contributed by atoms with Crippen LogP contribution in [0.15, 0.2) is 121 Å². The number of allylic oxidation sites excluding steroid dienone is 3. The third kappa shape index (κ3) is 8.22. The van der Waals surface area contributed by atoms with Crippen molar-refractivity contribution in [1.82, 2.24) is 4.90 Å². The lowest BCUT2D eigenvalue weighted by molar-refractivity contribution is 0.183. The van der Waals surface area contributed by atoms with E-state index in [-0.39, 0.29) is 11.5 Å². The molecule has 2 heterocycles. The lowest BCUT2D eigenvalue weighted by atomic mass is 9.77. The van der Waals surface area contributed by atoms with Gasteiger partial charge in [0.25, 0.3) is 0 Å². The van der Waals surface area contributed by atoms with Gasteiger partial charge in [-0.3, -0.25) is 4.90 Å². The predicted octanol–water partition coefficient (Wildman–Crippen LogP) is 10.2. The molecule has 0 spiro atoms. The lowest BCUT2D eigenvalue weighted by Gasteiger charge is -2.35. The zero-order valence-corrected chi connectivity index (χ0v) is 29.2. The summed E-state index contributed by atoms with van der Waals surface area (Å²) in [6.45, 7) is 16.6. The molecule has 1 unspecified atom stereocenters. The SMILES string of the molecule is C=C(/C=C\C)CCc1ccc2c(c1)C(C)(C)C(c1ccc(OCc3ccccc3)cc1)N2Cc1ccc(OCCN2CCCCC2)cc1. The van der Waals surface area contributed by atoms with E-state index in [1.165, 1.54) is 71.4 Å². The van der Waals surface area contributed by atoms with E-state index in [0.29, 0.717) is 6.61 Å². The summed E-state index contributed by atoms with van der Waals surface area (Å²) in [5.74, 6) is 1.84. The van der Waals surface area contributed by atoms with E-state index in [0.717, 1.165) is 44.0 Å². The lowest BCUT2D eigenvalue weighted by Crippen LogP contribution is -2.33. The van der Waals surface area contributed by atoms with Crippen LogP contribution >= 0.6 is 0 Å². The van der Waals surface area contributed by atoms with Crippen LogP contribution in [0.3, 0.4) is 0 Å². The fraction of sp³-hybridized carbons (Fsp3) is 0.364. The first-order chi connectivity index (χ1) is 23.4. The molecule has 0 N–H and O–H groups in total. The van der Waals surface area contributed by atoms with Gasteiger partial charge in [-0.15, -0.1) is 0 Å². The first-order valence-electron chi connectivity index (χ1n) is 17.8. The molecule has 48 heavy (non-hydrogen) atoms. The van der Waals surface area contributed by atoms with E-state index in [9.17, 15) is 0 Å². The summed E-state index contributed by atoms with van der Waals surface area (Å²) >= 11 is 0. The minimum absolute atomic E-state index is 0.102. The number of hydrogen-bond acceptors (Lipinski definition) is 4. The number of nitrogens with zero attached hydrogens (tertiary/aromatic N) is 2. The summed E-state index contributed by atoms with van der Waals surface area (Å²) < 4.78 is 12.3. The molecule has 0 amide bonds. The molecule has 0 bridgehead atoms. The number of anilines is 1. The summed E-state index contributed by atoms with van der Waals surface area (Å²) in [4.78, 5) is 5.13. The van der Waals surface area contributed by atoms with Gasteiger partial charge in [0.05, 0.1) is 6.04 Å². The fourth-order valence-corrected chi connectivity index (χ4v) is 7.43. The highest BCUT2D eigenvalue weighted by Gasteiger charge is 2.45. The van der Waals surface area contributed by atoms with Crippen LogP contribution in [0, 0.1) is 0 Å². The van der Waals surface area contributed by atoms with Gasteiger partial charge in [-0.2, -0.15) is 0 Å². The Labute approximate surface area is 288 Å². The Morgan fingerprint density at radius 2 is 1.50 bits per heavy atom. The van der Waals surface area contributed by atoms with Crippen molar-refractivity contribution >= 4 is 5.69 Å². The van der Waals surface area contributed by atoms with Crippen LogP contribution < -0.4 is 14.4 Å². The molecule has 0 radical (unpaired) electrons. The molecule has 0 aromatic heterocycles. The molecule has 4 aromatic carbocycles. The third-order valence-corrected chi connectivity index (χ3v) is 10.0. The van der Waals surface area contributed by atoms with Crippen LogP contribution in [0.1, 0.15) is 80.3 Å². The van der Waals surface area contributed by atoms with E-state index >= 15 is 0 Å². The van der Waals surface area contributed by atoms with Gasteiger partial charge in [-0.1, -0.05) is 111 Å². The highest BCUT2D eigenvalue weighted by atomic mass is 16.5. The Kier molecular flexibility index (Phi) is 11.0. The van der Waals surface area contributed by atoms with Crippen LogP contribution in [0.25, 0.3) is 0 Å². The number of benzene rings is 4. The molecular formula is C44H52N2O2. The number of piperidine rings is 1. The van der Waals surface area contributed by atoms with E-state index in [4.69, 9.17) is 9.47 Å². The number of fused-ring (bicyclic) bond motifs is 1. The Hall–Kier alpha value is -4.28. The molecule has 4 aromatic rings. The maximum atomic E-state index is 6.16. The summed E-state index contributed by atoms with van der Waals surface area (Å²) in [6, 6.07) is 35.1. The second-order valence-corrected chi connectivity index (χ2v) is 14.0. The van der Waals surface area contributed by atoms with Gasteiger partial charge in [-0.05, 0) is 104 Å². The Balaban J connectivity index is 1.21. The summed E-state index contributed by atoms with van der Waals surface area (Å²) in [5, 5.41) is 0. The minimum Gasteiger partial charge on any atom is -0.492 e. The normalized spacial score (nSPS) is 17.4. The van der Waals surface area contributed by atoms with Gasteiger partial charge in [0.2, 0.25) is 0 Å². The minimum atomic E-state index is -0.102. The van der Waals surface area contributed by atoms with Crippen molar-refractivity contribution in [2.45, 2.75) is 77.5 Å². The second-order valence-electron chi connectivity index (χ2n) is 14.0. The van der Waals surface area contributed by atoms with Crippen LogP contribution in [0.4, 0.5) is 5.69 Å². The van der Waals surface area contributed by atoms with Crippen molar-refractivity contribution in [1.29, 1.82) is 0 Å². The number of aryl methyl sites for hydroxylation is 1. The molecule has 1 saturated heterocycles. The van der Waals surface area contributed by atoms with Crippen LogP contribution in [-0.2, 0) is 25.0 Å². The van der Waals surface area contributed by atoms with Crippen LogP contribution in [-0.4, -0.2) is 31.1 Å². The Bertz CT molecular complexity index is 1650. The summed E-state index contributed by atoms with van der Waals surface area (Å²) in [5.41, 5.74) is 8.90. The van der Waals surface area contributed by atoms with E-state index in [2.05, 4.69) is 140 Å².